The van der Waals surface area contributed by atoms with Crippen LogP contribution in [-0.2, 0) is 12.8 Å². The van der Waals surface area contributed by atoms with Crippen molar-refractivity contribution >= 4 is 0 Å². The van der Waals surface area contributed by atoms with E-state index in [9.17, 15) is 0 Å². The summed E-state index contributed by atoms with van der Waals surface area (Å²) in [5.74, 6) is 0. The van der Waals surface area contributed by atoms with Crippen molar-refractivity contribution in [3.8, 4) is 0 Å². The lowest BCUT2D eigenvalue weighted by atomic mass is 9.99. The molecule has 0 saturated carbocycles. The molecule has 0 radical (unpaired) electrons. The maximum absolute atomic E-state index is 6.07. The molecule has 1 aliphatic carbocycles. The van der Waals surface area contributed by atoms with Gasteiger partial charge in [0, 0.05) is 31.2 Å². The topological polar surface area (TPSA) is 55.3 Å². The van der Waals surface area contributed by atoms with Gasteiger partial charge in [0.25, 0.3) is 0 Å². The van der Waals surface area contributed by atoms with Crippen molar-refractivity contribution in [3.05, 3.63) is 35.4 Å². The Kier molecular flexibility index (Phi) is 2.90. The second-order valence-corrected chi connectivity index (χ2v) is 5.54. The maximum atomic E-state index is 6.07. The molecule has 0 spiro atoms. The van der Waals surface area contributed by atoms with Crippen molar-refractivity contribution in [2.75, 3.05) is 13.1 Å². The normalized spacial score (nSPS) is 30.5. The molecule has 92 valence electrons. The third-order valence-electron chi connectivity index (χ3n) is 4.09. The largest absolute Gasteiger partial charge is 0.326 e. The fraction of sp³-hybridized carbons (Fsp3) is 0.571. The molecule has 4 N–H and O–H groups in total. The van der Waals surface area contributed by atoms with E-state index in [1.807, 2.05) is 0 Å². The second-order valence-electron chi connectivity index (χ2n) is 5.54. The molecular formula is C14H21N3. The van der Waals surface area contributed by atoms with Crippen molar-refractivity contribution < 1.29 is 0 Å². The number of hydrogen-bond acceptors (Lipinski definition) is 3. The quantitative estimate of drug-likeness (QED) is 0.740. The number of rotatable bonds is 1. The predicted octanol–water partition coefficient (Wildman–Crippen LogP) is 0.514. The lowest BCUT2D eigenvalue weighted by molar-refractivity contribution is 0.139. The minimum atomic E-state index is 0.252. The number of nitrogens with zero attached hydrogens (tertiary/aromatic N) is 1. The lowest BCUT2D eigenvalue weighted by Gasteiger charge is -2.38. The van der Waals surface area contributed by atoms with Crippen LogP contribution in [0, 0.1) is 0 Å². The number of fused-ring (bicyclic) bond motifs is 1. The Hall–Kier alpha value is -0.900. The molecule has 0 aromatic heterocycles. The molecule has 1 heterocycles. The molecular weight excluding hydrogens is 210 g/mol. The Balaban J connectivity index is 1.72. The van der Waals surface area contributed by atoms with E-state index in [4.69, 9.17) is 11.5 Å². The van der Waals surface area contributed by atoms with Crippen LogP contribution in [0.1, 0.15) is 17.5 Å². The van der Waals surface area contributed by atoms with E-state index < -0.39 is 0 Å². The molecule has 1 aromatic rings. The standard InChI is InChI=1S/C14H21N3/c15-12-7-13(16)9-17(8-12)14-5-10-3-1-2-4-11(10)6-14/h1-4,12-14H,5-9,15-16H2/t12-,13?/m1/s1. The van der Waals surface area contributed by atoms with Crippen molar-refractivity contribution in [2.24, 2.45) is 11.5 Å². The Labute approximate surface area is 103 Å². The van der Waals surface area contributed by atoms with Crippen molar-refractivity contribution in [1.82, 2.24) is 4.90 Å². The molecule has 2 aliphatic rings. The van der Waals surface area contributed by atoms with Gasteiger partial charge in [-0.2, -0.15) is 0 Å². The van der Waals surface area contributed by atoms with Gasteiger partial charge >= 0.3 is 0 Å². The molecule has 0 bridgehead atoms. The molecule has 1 aliphatic heterocycles. The average molecular weight is 231 g/mol. The first kappa shape index (κ1) is 11.2. The highest BCUT2D eigenvalue weighted by Crippen LogP contribution is 2.26. The van der Waals surface area contributed by atoms with E-state index in [-0.39, 0.29) is 12.1 Å². The van der Waals surface area contributed by atoms with Crippen LogP contribution in [0.2, 0.25) is 0 Å². The number of likely N-dealkylation sites (tertiary alicyclic amines) is 1. The van der Waals surface area contributed by atoms with Crippen LogP contribution < -0.4 is 11.5 Å². The van der Waals surface area contributed by atoms with Crippen molar-refractivity contribution in [1.29, 1.82) is 0 Å². The van der Waals surface area contributed by atoms with Crippen LogP contribution in [0.5, 0.6) is 0 Å². The molecule has 3 heteroatoms. The Bertz CT molecular complexity index is 369. The van der Waals surface area contributed by atoms with Gasteiger partial charge in [0.15, 0.2) is 0 Å². The third kappa shape index (κ3) is 2.23. The van der Waals surface area contributed by atoms with E-state index in [2.05, 4.69) is 29.2 Å². The lowest BCUT2D eigenvalue weighted by Crippen LogP contribution is -2.55. The predicted molar refractivity (Wildman–Crippen MR) is 69.8 cm³/mol. The molecule has 0 amide bonds. The van der Waals surface area contributed by atoms with E-state index in [1.54, 1.807) is 0 Å². The summed E-state index contributed by atoms with van der Waals surface area (Å²) in [5.41, 5.74) is 15.1. The molecule has 1 fully saturated rings. The van der Waals surface area contributed by atoms with Crippen LogP contribution >= 0.6 is 0 Å². The van der Waals surface area contributed by atoms with Crippen LogP contribution in [0.3, 0.4) is 0 Å². The minimum Gasteiger partial charge on any atom is -0.326 e. The first-order chi connectivity index (χ1) is 8.22. The van der Waals surface area contributed by atoms with Crippen molar-refractivity contribution in [3.63, 3.8) is 0 Å². The fourth-order valence-electron chi connectivity index (χ4n) is 3.31. The van der Waals surface area contributed by atoms with Gasteiger partial charge in [-0.15, -0.1) is 0 Å². The van der Waals surface area contributed by atoms with Gasteiger partial charge in [-0.25, -0.2) is 0 Å². The summed E-state index contributed by atoms with van der Waals surface area (Å²) in [5, 5.41) is 0. The zero-order valence-electron chi connectivity index (χ0n) is 10.2. The SMILES string of the molecule is NC1C[C@@H](N)CN(C2Cc3ccccc3C2)C1. The van der Waals surface area contributed by atoms with E-state index >= 15 is 0 Å². The van der Waals surface area contributed by atoms with Crippen molar-refractivity contribution in [2.45, 2.75) is 37.4 Å². The summed E-state index contributed by atoms with van der Waals surface area (Å²) >= 11 is 0. The molecule has 3 nitrogen and oxygen atoms in total. The highest BCUT2D eigenvalue weighted by Gasteiger charge is 2.31. The highest BCUT2D eigenvalue weighted by atomic mass is 15.2. The van der Waals surface area contributed by atoms with Gasteiger partial charge in [0.2, 0.25) is 0 Å². The molecule has 1 aromatic carbocycles. The molecule has 1 saturated heterocycles. The highest BCUT2D eigenvalue weighted by molar-refractivity contribution is 5.33. The maximum Gasteiger partial charge on any atom is 0.0183 e. The minimum absolute atomic E-state index is 0.252. The first-order valence-corrected chi connectivity index (χ1v) is 6.54. The zero-order chi connectivity index (χ0) is 11.8. The van der Waals surface area contributed by atoms with Gasteiger partial charge in [-0.05, 0) is 30.4 Å². The van der Waals surface area contributed by atoms with Gasteiger partial charge in [0.1, 0.15) is 0 Å². The average Bonchev–Trinajstić information content (AvgIpc) is 2.71. The van der Waals surface area contributed by atoms with Gasteiger partial charge in [-0.1, -0.05) is 24.3 Å². The summed E-state index contributed by atoms with van der Waals surface area (Å²) < 4.78 is 0. The second kappa shape index (κ2) is 4.41. The number of benzene rings is 1. The van der Waals surface area contributed by atoms with Crippen LogP contribution in [-0.4, -0.2) is 36.1 Å². The Morgan fingerprint density at radius 2 is 1.47 bits per heavy atom. The summed E-state index contributed by atoms with van der Waals surface area (Å²) in [7, 11) is 0. The molecule has 1 unspecified atom stereocenters. The fourth-order valence-corrected chi connectivity index (χ4v) is 3.31. The van der Waals surface area contributed by atoms with Gasteiger partial charge in [0.05, 0.1) is 0 Å². The first-order valence-electron chi connectivity index (χ1n) is 6.54. The molecule has 3 rings (SSSR count). The zero-order valence-corrected chi connectivity index (χ0v) is 10.2. The van der Waals surface area contributed by atoms with Crippen LogP contribution in [0.15, 0.2) is 24.3 Å². The number of hydrogen-bond donors (Lipinski definition) is 2. The number of nitrogens with two attached hydrogens (primary N) is 2. The van der Waals surface area contributed by atoms with E-state index in [0.717, 1.165) is 32.4 Å². The van der Waals surface area contributed by atoms with E-state index in [0.29, 0.717) is 6.04 Å². The van der Waals surface area contributed by atoms with Crippen LogP contribution in [0.4, 0.5) is 0 Å². The summed E-state index contributed by atoms with van der Waals surface area (Å²) in [6.07, 6.45) is 3.29. The third-order valence-corrected chi connectivity index (χ3v) is 4.09. The Morgan fingerprint density at radius 1 is 0.941 bits per heavy atom. The Morgan fingerprint density at radius 3 is 2.00 bits per heavy atom. The smallest absolute Gasteiger partial charge is 0.0183 e. The summed E-state index contributed by atoms with van der Waals surface area (Å²) in [6, 6.07) is 9.89. The molecule has 2 atom stereocenters. The summed E-state index contributed by atoms with van der Waals surface area (Å²) in [4.78, 5) is 2.50. The van der Waals surface area contributed by atoms with E-state index in [1.165, 1.54) is 11.1 Å². The van der Waals surface area contributed by atoms with Crippen LogP contribution in [0.25, 0.3) is 0 Å². The molecule has 17 heavy (non-hydrogen) atoms. The number of piperidine rings is 1. The monoisotopic (exact) mass is 231 g/mol. The van der Waals surface area contributed by atoms with Gasteiger partial charge < -0.3 is 11.5 Å². The van der Waals surface area contributed by atoms with Gasteiger partial charge in [-0.3, -0.25) is 4.90 Å². The summed E-state index contributed by atoms with van der Waals surface area (Å²) in [6.45, 7) is 2.01.